The second kappa shape index (κ2) is 7.87. The van der Waals surface area contributed by atoms with Crippen LogP contribution in [0.4, 0.5) is 5.69 Å². The van der Waals surface area contributed by atoms with Crippen LogP contribution in [0.25, 0.3) is 22.5 Å². The van der Waals surface area contributed by atoms with Crippen LogP contribution in [0.2, 0.25) is 0 Å². The minimum atomic E-state index is -0.538. The van der Waals surface area contributed by atoms with E-state index in [1.165, 1.54) is 4.68 Å². The summed E-state index contributed by atoms with van der Waals surface area (Å²) in [5, 5.41) is 3.06. The molecule has 2 aromatic carbocycles. The molecule has 0 fully saturated rings. The SMILES string of the molecule is Cc1ccc[n+](C2=C(c3c(-c4ccccc4)[nH]n(C)c3=O)C(=O)N(c3ccccc3)C2=O)c1. The molecule has 5 rings (SSSR count). The van der Waals surface area contributed by atoms with Crippen molar-refractivity contribution in [1.82, 2.24) is 9.78 Å². The fraction of sp³-hybridized carbons (Fsp3) is 0.0769. The Balaban J connectivity index is 1.82. The molecule has 2 aromatic heterocycles. The molecule has 0 aliphatic carbocycles. The number of aromatic amines is 1. The third-order valence-corrected chi connectivity index (χ3v) is 5.64. The highest BCUT2D eigenvalue weighted by atomic mass is 16.2. The molecular weight excluding hydrogens is 416 g/mol. The van der Waals surface area contributed by atoms with Gasteiger partial charge in [0.2, 0.25) is 0 Å². The van der Waals surface area contributed by atoms with Crippen molar-refractivity contribution in [2.45, 2.75) is 6.92 Å². The first-order valence-corrected chi connectivity index (χ1v) is 10.5. The van der Waals surface area contributed by atoms with Gasteiger partial charge in [0.15, 0.2) is 12.4 Å². The first-order chi connectivity index (χ1) is 16.0. The molecule has 0 unspecified atom stereocenters. The Morgan fingerprint density at radius 1 is 0.818 bits per heavy atom. The maximum Gasteiger partial charge on any atom is 0.331 e. The van der Waals surface area contributed by atoms with Crippen LogP contribution >= 0.6 is 0 Å². The van der Waals surface area contributed by atoms with E-state index >= 15 is 0 Å². The molecule has 0 spiro atoms. The number of pyridine rings is 1. The van der Waals surface area contributed by atoms with E-state index in [-0.39, 0.29) is 22.4 Å². The van der Waals surface area contributed by atoms with Crippen LogP contribution in [0.15, 0.2) is 90.0 Å². The molecule has 3 heterocycles. The molecule has 33 heavy (non-hydrogen) atoms. The van der Waals surface area contributed by atoms with Gasteiger partial charge in [0, 0.05) is 24.2 Å². The summed E-state index contributed by atoms with van der Waals surface area (Å²) in [4.78, 5) is 41.9. The van der Waals surface area contributed by atoms with Crippen molar-refractivity contribution in [2.24, 2.45) is 7.05 Å². The minimum Gasteiger partial charge on any atom is -0.295 e. The topological polar surface area (TPSA) is 79.1 Å². The number of imide groups is 1. The molecule has 0 saturated carbocycles. The van der Waals surface area contributed by atoms with Crippen molar-refractivity contribution >= 4 is 28.8 Å². The second-order valence-electron chi connectivity index (χ2n) is 7.89. The lowest BCUT2D eigenvalue weighted by molar-refractivity contribution is -0.577. The highest BCUT2D eigenvalue weighted by Crippen LogP contribution is 2.35. The highest BCUT2D eigenvalue weighted by molar-refractivity contribution is 6.53. The average Bonchev–Trinajstić information content (AvgIpc) is 3.26. The third-order valence-electron chi connectivity index (χ3n) is 5.64. The predicted octanol–water partition coefficient (Wildman–Crippen LogP) is 2.92. The van der Waals surface area contributed by atoms with Crippen molar-refractivity contribution in [3.8, 4) is 11.3 Å². The van der Waals surface area contributed by atoms with Crippen molar-refractivity contribution in [3.05, 3.63) is 107 Å². The molecule has 1 N–H and O–H groups in total. The zero-order chi connectivity index (χ0) is 23.1. The first-order valence-electron chi connectivity index (χ1n) is 10.5. The summed E-state index contributed by atoms with van der Waals surface area (Å²) in [5.74, 6) is -1.02. The number of nitrogens with zero attached hydrogens (tertiary/aromatic N) is 3. The lowest BCUT2D eigenvalue weighted by atomic mass is 10.0. The number of benzene rings is 2. The third kappa shape index (κ3) is 3.30. The maximum absolute atomic E-state index is 13.8. The van der Waals surface area contributed by atoms with Gasteiger partial charge >= 0.3 is 5.91 Å². The molecule has 0 saturated heterocycles. The van der Waals surface area contributed by atoms with Gasteiger partial charge in [-0.1, -0.05) is 48.5 Å². The molecule has 7 nitrogen and oxygen atoms in total. The van der Waals surface area contributed by atoms with Gasteiger partial charge in [-0.25, -0.2) is 4.90 Å². The number of H-pyrrole nitrogens is 1. The lowest BCUT2D eigenvalue weighted by Gasteiger charge is -2.13. The molecule has 4 aromatic rings. The summed E-state index contributed by atoms with van der Waals surface area (Å²) < 4.78 is 2.95. The molecule has 7 heteroatoms. The Hall–Kier alpha value is -4.52. The number of anilines is 1. The van der Waals surface area contributed by atoms with Crippen molar-refractivity contribution in [3.63, 3.8) is 0 Å². The Morgan fingerprint density at radius 2 is 1.48 bits per heavy atom. The average molecular weight is 437 g/mol. The Labute approximate surface area is 189 Å². The first kappa shape index (κ1) is 20.4. The van der Waals surface area contributed by atoms with Crippen molar-refractivity contribution in [1.29, 1.82) is 0 Å². The van der Waals surface area contributed by atoms with E-state index in [1.807, 2.05) is 49.4 Å². The Kier molecular flexibility index (Phi) is 4.86. The maximum atomic E-state index is 13.8. The molecule has 0 radical (unpaired) electrons. The molecule has 1 aliphatic heterocycles. The normalized spacial score (nSPS) is 13.8. The van der Waals surface area contributed by atoms with Crippen LogP contribution < -0.4 is 15.0 Å². The summed E-state index contributed by atoms with van der Waals surface area (Å²) in [6, 6.07) is 21.7. The zero-order valence-electron chi connectivity index (χ0n) is 18.1. The van der Waals surface area contributed by atoms with Crippen LogP contribution in [0, 0.1) is 6.92 Å². The lowest BCUT2D eigenvalue weighted by Crippen LogP contribution is -2.39. The van der Waals surface area contributed by atoms with E-state index in [0.29, 0.717) is 11.4 Å². The van der Waals surface area contributed by atoms with Gasteiger partial charge in [0.25, 0.3) is 17.2 Å². The molecule has 2 amide bonds. The monoisotopic (exact) mass is 437 g/mol. The summed E-state index contributed by atoms with van der Waals surface area (Å²) in [5.41, 5.74) is 2.58. The molecule has 162 valence electrons. The van der Waals surface area contributed by atoms with Gasteiger partial charge < -0.3 is 0 Å². The van der Waals surface area contributed by atoms with Gasteiger partial charge in [-0.2, -0.15) is 4.57 Å². The van der Waals surface area contributed by atoms with E-state index in [4.69, 9.17) is 0 Å². The zero-order valence-corrected chi connectivity index (χ0v) is 18.1. The number of carbonyl (C=O) groups is 2. The van der Waals surface area contributed by atoms with E-state index < -0.39 is 11.8 Å². The van der Waals surface area contributed by atoms with E-state index in [1.54, 1.807) is 54.3 Å². The van der Waals surface area contributed by atoms with E-state index in [9.17, 15) is 14.4 Å². The second-order valence-corrected chi connectivity index (χ2v) is 7.89. The van der Waals surface area contributed by atoms with Crippen LogP contribution in [0.5, 0.6) is 0 Å². The predicted molar refractivity (Wildman–Crippen MR) is 125 cm³/mol. The number of aryl methyl sites for hydroxylation is 2. The summed E-state index contributed by atoms with van der Waals surface area (Å²) in [6.07, 6.45) is 3.48. The number of para-hydroxylation sites is 1. The molecule has 0 atom stereocenters. The van der Waals surface area contributed by atoms with Crippen LogP contribution in [-0.4, -0.2) is 21.6 Å². The van der Waals surface area contributed by atoms with Gasteiger partial charge in [-0.05, 0) is 25.1 Å². The van der Waals surface area contributed by atoms with Crippen molar-refractivity contribution in [2.75, 3.05) is 4.90 Å². The van der Waals surface area contributed by atoms with Gasteiger partial charge in [-0.3, -0.25) is 24.2 Å². The summed E-state index contributed by atoms with van der Waals surface area (Å²) in [7, 11) is 1.59. The number of hydrogen-bond acceptors (Lipinski definition) is 3. The molecular formula is C26H21N4O3+. The fourth-order valence-electron chi connectivity index (χ4n) is 4.12. The minimum absolute atomic E-state index is 0.0696. The summed E-state index contributed by atoms with van der Waals surface area (Å²) in [6.45, 7) is 1.90. The quantitative estimate of drug-likeness (QED) is 0.394. The number of amides is 2. The molecule has 1 aliphatic rings. The van der Waals surface area contributed by atoms with E-state index in [0.717, 1.165) is 16.0 Å². The number of hydrogen-bond donors (Lipinski definition) is 1. The Morgan fingerprint density at radius 3 is 2.15 bits per heavy atom. The highest BCUT2D eigenvalue weighted by Gasteiger charge is 2.48. The number of carbonyl (C=O) groups excluding carboxylic acids is 2. The fourth-order valence-corrected chi connectivity index (χ4v) is 4.12. The van der Waals surface area contributed by atoms with Gasteiger partial charge in [0.1, 0.15) is 5.57 Å². The standard InChI is InChI=1S/C26H20N4O3/c1-17-10-9-15-29(16-17)23-21(25(32)30(26(23)33)19-13-7-4-8-14-19)20-22(27-28(2)24(20)31)18-11-5-3-6-12-18/h3-16H,1-2H3/p+1. The number of rotatable bonds is 4. The largest absolute Gasteiger partial charge is 0.331 e. The number of aromatic nitrogens is 3. The van der Waals surface area contributed by atoms with Gasteiger partial charge in [-0.15, -0.1) is 0 Å². The number of nitrogens with one attached hydrogen (secondary N) is 1. The van der Waals surface area contributed by atoms with Crippen LogP contribution in [-0.2, 0) is 16.6 Å². The summed E-state index contributed by atoms with van der Waals surface area (Å²) >= 11 is 0. The van der Waals surface area contributed by atoms with Crippen LogP contribution in [0.3, 0.4) is 0 Å². The van der Waals surface area contributed by atoms with Crippen molar-refractivity contribution < 1.29 is 14.2 Å². The molecule has 0 bridgehead atoms. The van der Waals surface area contributed by atoms with E-state index in [2.05, 4.69) is 5.10 Å². The van der Waals surface area contributed by atoms with Crippen LogP contribution in [0.1, 0.15) is 11.1 Å². The smallest absolute Gasteiger partial charge is 0.295 e. The van der Waals surface area contributed by atoms with Gasteiger partial charge in [0.05, 0.1) is 16.9 Å². The Bertz CT molecular complexity index is 1480.